The normalized spacial score (nSPS) is 20.1. The standard InChI is InChI=1S/C26H30N2O5/c1-3-17(24(29)28-13-16(2)22(14-28)25(30)31)12-27-26(32)33-15-23-20-10-6-4-8-18(20)19-9-5-7-11-21(19)23/h4-11,16-17,22-23H,3,12-15H2,1-2H3,(H,27,32)(H,30,31)/t16-,17?,22-/m0/s1. The molecule has 1 saturated heterocycles. The van der Waals surface area contributed by atoms with Gasteiger partial charge in [0.15, 0.2) is 0 Å². The van der Waals surface area contributed by atoms with Crippen LogP contribution in [0, 0.1) is 17.8 Å². The molecule has 3 atom stereocenters. The van der Waals surface area contributed by atoms with Crippen molar-refractivity contribution in [1.82, 2.24) is 10.2 Å². The largest absolute Gasteiger partial charge is 0.481 e. The van der Waals surface area contributed by atoms with Gasteiger partial charge < -0.3 is 20.1 Å². The maximum absolute atomic E-state index is 12.9. The van der Waals surface area contributed by atoms with Gasteiger partial charge in [0.25, 0.3) is 0 Å². The number of amides is 2. The molecule has 4 rings (SSSR count). The Morgan fingerprint density at radius 3 is 2.21 bits per heavy atom. The van der Waals surface area contributed by atoms with Crippen molar-refractivity contribution in [3.8, 4) is 11.1 Å². The van der Waals surface area contributed by atoms with Gasteiger partial charge in [-0.2, -0.15) is 0 Å². The molecule has 1 heterocycles. The zero-order chi connectivity index (χ0) is 23.5. The number of carboxylic acid groups (broad SMARTS) is 1. The van der Waals surface area contributed by atoms with Crippen LogP contribution < -0.4 is 5.32 Å². The Morgan fingerprint density at radius 2 is 1.67 bits per heavy atom. The van der Waals surface area contributed by atoms with Crippen LogP contribution in [0.1, 0.15) is 37.3 Å². The Hall–Kier alpha value is -3.35. The first-order valence-electron chi connectivity index (χ1n) is 11.5. The summed E-state index contributed by atoms with van der Waals surface area (Å²) in [6, 6.07) is 16.3. The third kappa shape index (κ3) is 4.58. The lowest BCUT2D eigenvalue weighted by Crippen LogP contribution is -2.41. The number of nitrogens with one attached hydrogen (secondary N) is 1. The number of rotatable bonds is 7. The van der Waals surface area contributed by atoms with Crippen LogP contribution in [0.3, 0.4) is 0 Å². The lowest BCUT2D eigenvalue weighted by molar-refractivity contribution is -0.142. The van der Waals surface area contributed by atoms with E-state index in [-0.39, 0.29) is 37.4 Å². The number of nitrogens with zero attached hydrogens (tertiary/aromatic N) is 1. The van der Waals surface area contributed by atoms with E-state index in [1.54, 1.807) is 4.90 Å². The molecular formula is C26H30N2O5. The van der Waals surface area contributed by atoms with Crippen molar-refractivity contribution < 1.29 is 24.2 Å². The molecule has 0 bridgehead atoms. The highest BCUT2D eigenvalue weighted by Crippen LogP contribution is 2.44. The van der Waals surface area contributed by atoms with Crippen molar-refractivity contribution in [1.29, 1.82) is 0 Å². The van der Waals surface area contributed by atoms with Gasteiger partial charge in [-0.1, -0.05) is 62.4 Å². The van der Waals surface area contributed by atoms with Gasteiger partial charge in [0.2, 0.25) is 5.91 Å². The van der Waals surface area contributed by atoms with Gasteiger partial charge in [-0.3, -0.25) is 9.59 Å². The number of alkyl carbamates (subject to hydrolysis) is 1. The van der Waals surface area contributed by atoms with E-state index in [4.69, 9.17) is 4.74 Å². The fraction of sp³-hybridized carbons (Fsp3) is 0.423. The summed E-state index contributed by atoms with van der Waals surface area (Å²) in [5.41, 5.74) is 4.62. The second kappa shape index (κ2) is 9.65. The van der Waals surface area contributed by atoms with Gasteiger partial charge in [-0.25, -0.2) is 4.79 Å². The van der Waals surface area contributed by atoms with Gasteiger partial charge in [-0.15, -0.1) is 0 Å². The molecule has 7 heteroatoms. The van der Waals surface area contributed by atoms with Crippen molar-refractivity contribution in [2.45, 2.75) is 26.2 Å². The zero-order valence-corrected chi connectivity index (χ0v) is 19.0. The minimum absolute atomic E-state index is 0.0224. The van der Waals surface area contributed by atoms with Crippen molar-refractivity contribution in [3.05, 3.63) is 59.7 Å². The molecule has 2 aromatic rings. The Labute approximate surface area is 193 Å². The van der Waals surface area contributed by atoms with Gasteiger partial charge in [-0.05, 0) is 34.6 Å². The van der Waals surface area contributed by atoms with Gasteiger partial charge in [0.05, 0.1) is 11.8 Å². The highest BCUT2D eigenvalue weighted by molar-refractivity contribution is 5.82. The molecule has 1 aliphatic carbocycles. The number of carbonyl (C=O) groups is 3. The summed E-state index contributed by atoms with van der Waals surface area (Å²) in [6.45, 7) is 4.76. The summed E-state index contributed by atoms with van der Waals surface area (Å²) in [6.07, 6.45) is -0.00760. The van der Waals surface area contributed by atoms with Crippen LogP contribution in [0.15, 0.2) is 48.5 Å². The summed E-state index contributed by atoms with van der Waals surface area (Å²) < 4.78 is 5.55. The number of hydrogen-bond donors (Lipinski definition) is 2. The maximum Gasteiger partial charge on any atom is 0.407 e. The third-order valence-electron chi connectivity index (χ3n) is 6.92. The first-order chi connectivity index (χ1) is 15.9. The van der Waals surface area contributed by atoms with E-state index < -0.39 is 23.9 Å². The van der Waals surface area contributed by atoms with Gasteiger partial charge >= 0.3 is 12.1 Å². The van der Waals surface area contributed by atoms with E-state index in [2.05, 4.69) is 29.6 Å². The smallest absolute Gasteiger partial charge is 0.407 e. The second-order valence-electron chi connectivity index (χ2n) is 8.98. The molecular weight excluding hydrogens is 420 g/mol. The second-order valence-corrected chi connectivity index (χ2v) is 8.98. The number of benzene rings is 2. The summed E-state index contributed by atoms with van der Waals surface area (Å²) in [5, 5.41) is 12.0. The predicted molar refractivity (Wildman–Crippen MR) is 124 cm³/mol. The molecule has 0 aromatic heterocycles. The fourth-order valence-electron chi connectivity index (χ4n) is 4.99. The van der Waals surface area contributed by atoms with Crippen molar-refractivity contribution in [3.63, 3.8) is 0 Å². The van der Waals surface area contributed by atoms with E-state index in [9.17, 15) is 19.5 Å². The van der Waals surface area contributed by atoms with Crippen LogP contribution in [-0.2, 0) is 14.3 Å². The first-order valence-corrected chi connectivity index (χ1v) is 11.5. The van der Waals surface area contributed by atoms with E-state index in [1.165, 1.54) is 11.1 Å². The summed E-state index contributed by atoms with van der Waals surface area (Å²) in [7, 11) is 0. The molecule has 2 aliphatic rings. The van der Waals surface area contributed by atoms with E-state index in [1.807, 2.05) is 38.1 Å². The van der Waals surface area contributed by atoms with E-state index in [0.717, 1.165) is 11.1 Å². The SMILES string of the molecule is CCC(CNC(=O)OCC1c2ccccc2-c2ccccc21)C(=O)N1C[C@H](C(=O)O)[C@@H](C)C1. The van der Waals surface area contributed by atoms with Crippen LogP contribution in [0.4, 0.5) is 4.79 Å². The van der Waals surface area contributed by atoms with Gasteiger partial charge in [0, 0.05) is 25.6 Å². The van der Waals surface area contributed by atoms with Crippen LogP contribution in [0.5, 0.6) is 0 Å². The number of fused-ring (bicyclic) bond motifs is 3. The van der Waals surface area contributed by atoms with Crippen molar-refractivity contribution in [2.75, 3.05) is 26.2 Å². The van der Waals surface area contributed by atoms with Crippen LogP contribution in [0.25, 0.3) is 11.1 Å². The van der Waals surface area contributed by atoms with Crippen LogP contribution in [0.2, 0.25) is 0 Å². The Kier molecular flexibility index (Phi) is 6.67. The van der Waals surface area contributed by atoms with Crippen molar-refractivity contribution >= 4 is 18.0 Å². The van der Waals surface area contributed by atoms with E-state index >= 15 is 0 Å². The maximum atomic E-state index is 12.9. The van der Waals surface area contributed by atoms with Crippen molar-refractivity contribution in [2.24, 2.45) is 17.8 Å². The number of likely N-dealkylation sites (tertiary alicyclic amines) is 1. The number of ether oxygens (including phenoxy) is 1. The molecule has 1 fully saturated rings. The summed E-state index contributed by atoms with van der Waals surface area (Å²) >= 11 is 0. The molecule has 174 valence electrons. The quantitative estimate of drug-likeness (QED) is 0.670. The van der Waals surface area contributed by atoms with Crippen LogP contribution >= 0.6 is 0 Å². The number of hydrogen-bond acceptors (Lipinski definition) is 4. The minimum atomic E-state index is -0.873. The Bertz CT molecular complexity index is 1010. The molecule has 7 nitrogen and oxygen atoms in total. The lowest BCUT2D eigenvalue weighted by atomic mass is 9.98. The predicted octanol–water partition coefficient (Wildman–Crippen LogP) is 3.73. The molecule has 0 spiro atoms. The number of aliphatic carboxylic acids is 1. The van der Waals surface area contributed by atoms with Gasteiger partial charge in [0.1, 0.15) is 6.61 Å². The molecule has 0 saturated carbocycles. The molecule has 1 unspecified atom stereocenters. The topological polar surface area (TPSA) is 95.9 Å². The number of carbonyl (C=O) groups excluding carboxylic acids is 2. The highest BCUT2D eigenvalue weighted by atomic mass is 16.5. The Balaban J connectivity index is 1.32. The highest BCUT2D eigenvalue weighted by Gasteiger charge is 2.38. The molecule has 33 heavy (non-hydrogen) atoms. The Morgan fingerprint density at radius 1 is 1.06 bits per heavy atom. The molecule has 1 aliphatic heterocycles. The summed E-state index contributed by atoms with van der Waals surface area (Å²) in [5.74, 6) is -2.05. The molecule has 0 radical (unpaired) electrons. The minimum Gasteiger partial charge on any atom is -0.481 e. The van der Waals surface area contributed by atoms with Crippen LogP contribution in [-0.4, -0.2) is 54.2 Å². The average molecular weight is 451 g/mol. The molecule has 2 N–H and O–H groups in total. The monoisotopic (exact) mass is 450 g/mol. The first kappa shape index (κ1) is 22.8. The molecule has 2 aromatic carbocycles. The zero-order valence-electron chi connectivity index (χ0n) is 19.0. The number of carboxylic acids is 1. The average Bonchev–Trinajstić information content (AvgIpc) is 3.36. The summed E-state index contributed by atoms with van der Waals surface area (Å²) in [4.78, 5) is 38.3. The molecule has 2 amide bonds. The fourth-order valence-corrected chi connectivity index (χ4v) is 4.99. The third-order valence-corrected chi connectivity index (χ3v) is 6.92. The lowest BCUT2D eigenvalue weighted by Gasteiger charge is -2.23. The van der Waals surface area contributed by atoms with E-state index in [0.29, 0.717) is 13.0 Å².